The van der Waals surface area contributed by atoms with Crippen molar-refractivity contribution in [3.05, 3.63) is 11.9 Å². The Bertz CT molecular complexity index is 376. The molecule has 0 heterocycles. The summed E-state index contributed by atoms with van der Waals surface area (Å²) < 4.78 is 44.1. The van der Waals surface area contributed by atoms with Gasteiger partial charge in [-0.05, 0) is 69.6 Å². The number of allylic oxidation sites excluding steroid dienone is 1. The monoisotopic (exact) mass is 346 g/mol. The fraction of sp³-hybridized carbons (Fsp3) is 0.900. The van der Waals surface area contributed by atoms with Crippen LogP contribution in [-0.4, -0.2) is 12.7 Å². The van der Waals surface area contributed by atoms with Crippen molar-refractivity contribution in [1.29, 1.82) is 0 Å². The summed E-state index contributed by atoms with van der Waals surface area (Å²) in [6, 6.07) is 0. The van der Waals surface area contributed by atoms with Crippen LogP contribution in [0.1, 0.15) is 84.0 Å². The molecule has 0 spiro atoms. The van der Waals surface area contributed by atoms with E-state index < -0.39 is 17.8 Å². The van der Waals surface area contributed by atoms with Gasteiger partial charge in [0.2, 0.25) is 0 Å². The first-order valence-corrected chi connectivity index (χ1v) is 9.94. The number of hydrogen-bond donors (Lipinski definition) is 0. The number of rotatable bonds is 8. The minimum Gasteiger partial charge on any atom is -0.378 e. The number of halogens is 3. The van der Waals surface area contributed by atoms with E-state index in [0.717, 1.165) is 32.3 Å². The molecule has 0 amide bonds. The fourth-order valence-corrected chi connectivity index (χ4v) is 4.50. The minimum atomic E-state index is -2.12. The normalized spacial score (nSPS) is 31.0. The van der Waals surface area contributed by atoms with E-state index in [-0.39, 0.29) is 0 Å². The summed E-state index contributed by atoms with van der Waals surface area (Å²) in [6.45, 7) is 3.11. The van der Waals surface area contributed by atoms with Crippen molar-refractivity contribution in [2.45, 2.75) is 90.1 Å². The lowest BCUT2D eigenvalue weighted by Gasteiger charge is -2.37. The molecule has 2 aliphatic rings. The van der Waals surface area contributed by atoms with Gasteiger partial charge in [0.25, 0.3) is 0 Å². The lowest BCUT2D eigenvalue weighted by molar-refractivity contribution is 0.00556. The molecule has 0 atom stereocenters. The molecule has 0 aliphatic heterocycles. The van der Waals surface area contributed by atoms with Crippen molar-refractivity contribution in [3.63, 3.8) is 0 Å². The summed E-state index contributed by atoms with van der Waals surface area (Å²) in [7, 11) is 0. The van der Waals surface area contributed by atoms with Gasteiger partial charge in [-0.1, -0.05) is 26.2 Å². The molecular weight excluding hydrogens is 313 g/mol. The van der Waals surface area contributed by atoms with Crippen molar-refractivity contribution in [1.82, 2.24) is 0 Å². The molecule has 140 valence electrons. The summed E-state index contributed by atoms with van der Waals surface area (Å²) in [5.41, 5.74) is 0. The highest BCUT2D eigenvalue weighted by atomic mass is 19.3. The zero-order chi connectivity index (χ0) is 17.4. The zero-order valence-electron chi connectivity index (χ0n) is 15.0. The molecule has 0 aromatic rings. The summed E-state index contributed by atoms with van der Waals surface area (Å²) in [5, 5.41) is 0. The maximum atomic E-state index is 13.3. The van der Waals surface area contributed by atoms with Crippen molar-refractivity contribution >= 4 is 0 Å². The Balaban J connectivity index is 1.62. The van der Waals surface area contributed by atoms with E-state index >= 15 is 0 Å². The fourth-order valence-electron chi connectivity index (χ4n) is 4.50. The van der Waals surface area contributed by atoms with Crippen LogP contribution in [0.2, 0.25) is 0 Å². The SMILES string of the molecule is CCCCCCOC1CCC(C2CCC(C(F)=C(F)F)CC2)CC1. The number of ether oxygens (including phenoxy) is 1. The van der Waals surface area contributed by atoms with Crippen LogP contribution in [0, 0.1) is 17.8 Å². The standard InChI is InChI=1S/C20H33F3O/c1-2-3-4-5-14-24-18-12-10-16(11-13-18)15-6-8-17(9-7-15)19(21)20(22)23/h15-18H,2-14H2,1H3. The lowest BCUT2D eigenvalue weighted by atomic mass is 9.70. The van der Waals surface area contributed by atoms with E-state index in [0.29, 0.717) is 30.8 Å². The summed E-state index contributed by atoms with van der Waals surface area (Å²) in [5.74, 6) is -0.405. The molecule has 0 saturated heterocycles. The van der Waals surface area contributed by atoms with Crippen molar-refractivity contribution in [2.24, 2.45) is 17.8 Å². The van der Waals surface area contributed by atoms with E-state index in [9.17, 15) is 13.2 Å². The Hall–Kier alpha value is -0.510. The van der Waals surface area contributed by atoms with Gasteiger partial charge in [0.15, 0.2) is 5.83 Å². The van der Waals surface area contributed by atoms with Crippen LogP contribution in [0.25, 0.3) is 0 Å². The van der Waals surface area contributed by atoms with Crippen LogP contribution in [-0.2, 0) is 4.74 Å². The van der Waals surface area contributed by atoms with Crippen LogP contribution in [0.15, 0.2) is 11.9 Å². The van der Waals surface area contributed by atoms with Gasteiger partial charge >= 0.3 is 6.08 Å². The van der Waals surface area contributed by atoms with Crippen molar-refractivity contribution < 1.29 is 17.9 Å². The summed E-state index contributed by atoms with van der Waals surface area (Å²) >= 11 is 0. The first kappa shape index (κ1) is 19.8. The maximum Gasteiger partial charge on any atom is 0.301 e. The molecule has 2 rings (SSSR count). The molecule has 2 aliphatic carbocycles. The van der Waals surface area contributed by atoms with E-state index in [1.807, 2.05) is 0 Å². The minimum absolute atomic E-state index is 0.417. The van der Waals surface area contributed by atoms with Crippen LogP contribution in [0.4, 0.5) is 13.2 Å². The van der Waals surface area contributed by atoms with Crippen molar-refractivity contribution in [3.8, 4) is 0 Å². The van der Waals surface area contributed by atoms with Gasteiger partial charge in [-0.15, -0.1) is 0 Å². The van der Waals surface area contributed by atoms with Gasteiger partial charge in [-0.2, -0.15) is 8.78 Å². The molecule has 2 saturated carbocycles. The quantitative estimate of drug-likeness (QED) is 0.429. The molecule has 0 radical (unpaired) electrons. The second-order valence-electron chi connectivity index (χ2n) is 7.69. The maximum absolute atomic E-state index is 13.3. The third-order valence-electron chi connectivity index (χ3n) is 6.05. The highest BCUT2D eigenvalue weighted by Crippen LogP contribution is 2.43. The van der Waals surface area contributed by atoms with E-state index in [2.05, 4.69) is 6.92 Å². The molecule has 0 aromatic heterocycles. The van der Waals surface area contributed by atoms with Crippen LogP contribution < -0.4 is 0 Å². The zero-order valence-corrected chi connectivity index (χ0v) is 15.0. The third-order valence-corrected chi connectivity index (χ3v) is 6.05. The molecule has 1 nitrogen and oxygen atoms in total. The molecule has 24 heavy (non-hydrogen) atoms. The van der Waals surface area contributed by atoms with E-state index in [1.54, 1.807) is 0 Å². The first-order valence-electron chi connectivity index (χ1n) is 9.94. The van der Waals surface area contributed by atoms with Crippen LogP contribution in [0.3, 0.4) is 0 Å². The largest absolute Gasteiger partial charge is 0.378 e. The second kappa shape index (κ2) is 10.5. The topological polar surface area (TPSA) is 9.23 Å². The average Bonchev–Trinajstić information content (AvgIpc) is 2.61. The molecule has 0 bridgehead atoms. The van der Waals surface area contributed by atoms with Crippen LogP contribution in [0.5, 0.6) is 0 Å². The summed E-state index contributed by atoms with van der Waals surface area (Å²) in [4.78, 5) is 0. The predicted molar refractivity (Wildman–Crippen MR) is 91.6 cm³/mol. The smallest absolute Gasteiger partial charge is 0.301 e. The highest BCUT2D eigenvalue weighted by Gasteiger charge is 2.33. The van der Waals surface area contributed by atoms with Gasteiger partial charge in [0.05, 0.1) is 6.10 Å². The van der Waals surface area contributed by atoms with Crippen LogP contribution >= 0.6 is 0 Å². The molecule has 0 N–H and O–H groups in total. The Morgan fingerprint density at radius 3 is 1.92 bits per heavy atom. The second-order valence-corrected chi connectivity index (χ2v) is 7.69. The lowest BCUT2D eigenvalue weighted by Crippen LogP contribution is -2.29. The van der Waals surface area contributed by atoms with Gasteiger partial charge in [-0.3, -0.25) is 0 Å². The summed E-state index contributed by atoms with van der Waals surface area (Å²) in [6.07, 6.45) is 10.9. The van der Waals surface area contributed by atoms with Gasteiger partial charge in [0.1, 0.15) is 0 Å². The molecule has 0 unspecified atom stereocenters. The Kier molecular flexibility index (Phi) is 8.65. The van der Waals surface area contributed by atoms with E-state index in [4.69, 9.17) is 4.74 Å². The Morgan fingerprint density at radius 1 is 0.792 bits per heavy atom. The van der Waals surface area contributed by atoms with Crippen molar-refractivity contribution in [2.75, 3.05) is 6.61 Å². The number of unbranched alkanes of at least 4 members (excludes halogenated alkanes) is 3. The molecule has 0 aromatic carbocycles. The molecular formula is C20H33F3O. The first-order chi connectivity index (χ1) is 11.6. The number of hydrogen-bond acceptors (Lipinski definition) is 1. The molecule has 4 heteroatoms. The Morgan fingerprint density at radius 2 is 1.38 bits per heavy atom. The van der Waals surface area contributed by atoms with E-state index in [1.165, 1.54) is 38.5 Å². The molecule has 2 fully saturated rings. The van der Waals surface area contributed by atoms with Gasteiger partial charge in [0, 0.05) is 12.5 Å². The van der Waals surface area contributed by atoms with Gasteiger partial charge in [-0.25, -0.2) is 4.39 Å². The predicted octanol–water partition coefficient (Wildman–Crippen LogP) is 7.03. The average molecular weight is 346 g/mol. The van der Waals surface area contributed by atoms with Gasteiger partial charge < -0.3 is 4.74 Å². The highest BCUT2D eigenvalue weighted by molar-refractivity contribution is 5.00. The Labute approximate surface area is 145 Å². The third kappa shape index (κ3) is 6.09.